The van der Waals surface area contributed by atoms with Crippen LogP contribution >= 0.6 is 11.6 Å². The molecule has 0 N–H and O–H groups in total. The molecular formula is C20H27ClFN3O3. The third kappa shape index (κ3) is 3.63. The van der Waals surface area contributed by atoms with E-state index in [1.54, 1.807) is 24.1 Å². The van der Waals surface area contributed by atoms with Crippen molar-refractivity contribution in [3.05, 3.63) is 34.6 Å². The first kappa shape index (κ1) is 21.0. The standard InChI is InChI=1S/C20H27ClFN3O3/c1-14(2)25-18(26)20(24(19(25)27)11-12-28-3)7-9-23(10-8-20)13-15-16(21)5-4-6-17(15)22/h4-6,14H,7-13H2,1-3H3. The molecule has 0 radical (unpaired) electrons. The second kappa shape index (κ2) is 8.35. The van der Waals surface area contributed by atoms with Crippen LogP contribution in [0.4, 0.5) is 9.18 Å². The molecule has 0 bridgehead atoms. The summed E-state index contributed by atoms with van der Waals surface area (Å²) in [6.45, 7) is 6.00. The summed E-state index contributed by atoms with van der Waals surface area (Å²) in [5, 5.41) is 0.403. The van der Waals surface area contributed by atoms with Crippen LogP contribution in [-0.4, -0.2) is 71.6 Å². The van der Waals surface area contributed by atoms with Crippen molar-refractivity contribution in [1.82, 2.24) is 14.7 Å². The van der Waals surface area contributed by atoms with E-state index in [1.807, 2.05) is 13.8 Å². The Morgan fingerprint density at radius 2 is 1.93 bits per heavy atom. The molecule has 2 aliphatic heterocycles. The van der Waals surface area contributed by atoms with E-state index in [9.17, 15) is 14.0 Å². The number of urea groups is 1. The first-order chi connectivity index (χ1) is 13.3. The van der Waals surface area contributed by atoms with Gasteiger partial charge in [-0.1, -0.05) is 17.7 Å². The monoisotopic (exact) mass is 411 g/mol. The Hall–Kier alpha value is -1.70. The quantitative estimate of drug-likeness (QED) is 0.675. The number of rotatable bonds is 6. The summed E-state index contributed by atoms with van der Waals surface area (Å²) in [5.41, 5.74) is -0.371. The van der Waals surface area contributed by atoms with Gasteiger partial charge in [-0.2, -0.15) is 0 Å². The van der Waals surface area contributed by atoms with Crippen molar-refractivity contribution in [2.24, 2.45) is 0 Å². The number of benzene rings is 1. The lowest BCUT2D eigenvalue weighted by molar-refractivity contribution is -0.136. The zero-order valence-electron chi connectivity index (χ0n) is 16.6. The molecule has 3 rings (SSSR count). The normalized spacial score (nSPS) is 20.1. The van der Waals surface area contributed by atoms with Crippen LogP contribution in [0.1, 0.15) is 32.3 Å². The number of likely N-dealkylation sites (tertiary alicyclic amines) is 1. The van der Waals surface area contributed by atoms with Gasteiger partial charge < -0.3 is 9.64 Å². The van der Waals surface area contributed by atoms with Crippen molar-refractivity contribution in [3.8, 4) is 0 Å². The number of ether oxygens (including phenoxy) is 1. The SMILES string of the molecule is COCCN1C(=O)N(C(C)C)C(=O)C12CCN(Cc1c(F)cccc1Cl)CC2. The summed E-state index contributed by atoms with van der Waals surface area (Å²) >= 11 is 6.15. The van der Waals surface area contributed by atoms with Gasteiger partial charge in [0.1, 0.15) is 11.4 Å². The van der Waals surface area contributed by atoms with Crippen LogP contribution in [0.5, 0.6) is 0 Å². The van der Waals surface area contributed by atoms with E-state index >= 15 is 0 Å². The zero-order valence-corrected chi connectivity index (χ0v) is 17.3. The highest BCUT2D eigenvalue weighted by Crippen LogP contribution is 2.38. The number of imide groups is 1. The maximum Gasteiger partial charge on any atom is 0.327 e. The molecule has 1 spiro atoms. The zero-order chi connectivity index (χ0) is 20.5. The highest BCUT2D eigenvalue weighted by molar-refractivity contribution is 6.31. The fourth-order valence-electron chi connectivity index (χ4n) is 4.16. The Bertz CT molecular complexity index is 730. The third-order valence-corrected chi connectivity index (χ3v) is 6.09. The summed E-state index contributed by atoms with van der Waals surface area (Å²) in [6.07, 6.45) is 1.02. The molecule has 8 heteroatoms. The predicted molar refractivity (Wildman–Crippen MR) is 105 cm³/mol. The fourth-order valence-corrected chi connectivity index (χ4v) is 4.38. The number of nitrogens with zero attached hydrogens (tertiary/aromatic N) is 3. The van der Waals surface area contributed by atoms with Crippen LogP contribution < -0.4 is 0 Å². The Morgan fingerprint density at radius 1 is 1.25 bits per heavy atom. The van der Waals surface area contributed by atoms with Gasteiger partial charge in [0, 0.05) is 49.9 Å². The lowest BCUT2D eigenvalue weighted by Crippen LogP contribution is -2.57. The van der Waals surface area contributed by atoms with E-state index in [0.717, 1.165) is 0 Å². The van der Waals surface area contributed by atoms with E-state index in [0.29, 0.717) is 56.2 Å². The molecule has 1 aromatic carbocycles. The summed E-state index contributed by atoms with van der Waals surface area (Å²) in [5.74, 6) is -0.459. The van der Waals surface area contributed by atoms with Gasteiger partial charge in [-0.05, 0) is 38.8 Å². The number of amides is 3. The molecular weight excluding hydrogens is 385 g/mol. The van der Waals surface area contributed by atoms with Crippen molar-refractivity contribution in [2.75, 3.05) is 33.4 Å². The Balaban J connectivity index is 1.77. The molecule has 2 aliphatic rings. The van der Waals surface area contributed by atoms with E-state index in [4.69, 9.17) is 16.3 Å². The molecule has 0 unspecified atom stereocenters. The van der Waals surface area contributed by atoms with E-state index in [1.165, 1.54) is 11.0 Å². The molecule has 154 valence electrons. The maximum atomic E-state index is 14.1. The molecule has 0 atom stereocenters. The first-order valence-corrected chi connectivity index (χ1v) is 9.99. The second-order valence-electron chi connectivity index (χ2n) is 7.70. The van der Waals surface area contributed by atoms with Gasteiger partial charge in [-0.25, -0.2) is 9.18 Å². The van der Waals surface area contributed by atoms with Gasteiger partial charge in [-0.15, -0.1) is 0 Å². The number of hydrogen-bond acceptors (Lipinski definition) is 4. The van der Waals surface area contributed by atoms with Crippen LogP contribution in [0.3, 0.4) is 0 Å². The maximum absolute atomic E-state index is 14.1. The number of methoxy groups -OCH3 is 1. The topological polar surface area (TPSA) is 53.1 Å². The molecule has 3 amide bonds. The number of piperidine rings is 1. The van der Waals surface area contributed by atoms with Gasteiger partial charge >= 0.3 is 6.03 Å². The summed E-state index contributed by atoms with van der Waals surface area (Å²) in [7, 11) is 1.58. The number of carbonyl (C=O) groups is 2. The number of halogens is 2. The summed E-state index contributed by atoms with van der Waals surface area (Å²) in [6, 6.07) is 4.22. The lowest BCUT2D eigenvalue weighted by atomic mass is 9.85. The minimum absolute atomic E-state index is 0.132. The van der Waals surface area contributed by atoms with Crippen molar-refractivity contribution in [2.45, 2.75) is 44.8 Å². The van der Waals surface area contributed by atoms with E-state index < -0.39 is 5.54 Å². The number of carbonyl (C=O) groups excluding carboxylic acids is 2. The molecule has 0 aliphatic carbocycles. The summed E-state index contributed by atoms with van der Waals surface area (Å²) < 4.78 is 19.3. The van der Waals surface area contributed by atoms with Gasteiger partial charge in [0.05, 0.1) is 6.61 Å². The molecule has 2 saturated heterocycles. The highest BCUT2D eigenvalue weighted by Gasteiger charge is 2.58. The third-order valence-electron chi connectivity index (χ3n) is 5.73. The Kier molecular flexibility index (Phi) is 6.27. The van der Waals surface area contributed by atoms with Crippen LogP contribution in [0.2, 0.25) is 5.02 Å². The van der Waals surface area contributed by atoms with Crippen LogP contribution in [0.15, 0.2) is 18.2 Å². The fraction of sp³-hybridized carbons (Fsp3) is 0.600. The molecule has 1 aromatic rings. The van der Waals surface area contributed by atoms with Crippen molar-refractivity contribution in [1.29, 1.82) is 0 Å². The predicted octanol–water partition coefficient (Wildman–Crippen LogP) is 3.13. The van der Waals surface area contributed by atoms with Crippen molar-refractivity contribution >= 4 is 23.5 Å². The summed E-state index contributed by atoms with van der Waals surface area (Å²) in [4.78, 5) is 31.2. The van der Waals surface area contributed by atoms with Crippen LogP contribution in [-0.2, 0) is 16.1 Å². The van der Waals surface area contributed by atoms with Crippen LogP contribution in [0, 0.1) is 5.82 Å². The average Bonchev–Trinajstić information content (AvgIpc) is 2.85. The molecule has 6 nitrogen and oxygen atoms in total. The molecule has 2 heterocycles. The Labute approximate surface area is 170 Å². The number of hydrogen-bond donors (Lipinski definition) is 0. The van der Waals surface area contributed by atoms with E-state index in [2.05, 4.69) is 4.90 Å². The first-order valence-electron chi connectivity index (χ1n) is 9.61. The second-order valence-corrected chi connectivity index (χ2v) is 8.11. The average molecular weight is 412 g/mol. The molecule has 0 saturated carbocycles. The van der Waals surface area contributed by atoms with Crippen molar-refractivity contribution < 1.29 is 18.7 Å². The van der Waals surface area contributed by atoms with Crippen LogP contribution in [0.25, 0.3) is 0 Å². The molecule has 28 heavy (non-hydrogen) atoms. The van der Waals surface area contributed by atoms with Gasteiger partial charge in [0.15, 0.2) is 0 Å². The Morgan fingerprint density at radius 3 is 2.50 bits per heavy atom. The highest BCUT2D eigenvalue weighted by atomic mass is 35.5. The minimum Gasteiger partial charge on any atom is -0.383 e. The van der Waals surface area contributed by atoms with Crippen molar-refractivity contribution in [3.63, 3.8) is 0 Å². The largest absolute Gasteiger partial charge is 0.383 e. The molecule has 0 aromatic heterocycles. The minimum atomic E-state index is -0.838. The smallest absolute Gasteiger partial charge is 0.327 e. The molecule has 2 fully saturated rings. The van der Waals surface area contributed by atoms with Gasteiger partial charge in [0.2, 0.25) is 0 Å². The lowest BCUT2D eigenvalue weighted by Gasteiger charge is -2.42. The van der Waals surface area contributed by atoms with Gasteiger partial charge in [-0.3, -0.25) is 14.6 Å². The van der Waals surface area contributed by atoms with Gasteiger partial charge in [0.25, 0.3) is 5.91 Å². The van der Waals surface area contributed by atoms with E-state index in [-0.39, 0.29) is 23.8 Å².